The highest BCUT2D eigenvalue weighted by Crippen LogP contribution is 2.10. The Morgan fingerprint density at radius 2 is 2.15 bits per heavy atom. The van der Waals surface area contributed by atoms with Crippen LogP contribution in [0.4, 0.5) is 4.39 Å². The summed E-state index contributed by atoms with van der Waals surface area (Å²) in [6.07, 6.45) is 1.34. The number of amides is 1. The van der Waals surface area contributed by atoms with Crippen LogP contribution in [0.3, 0.4) is 0 Å². The van der Waals surface area contributed by atoms with Gasteiger partial charge in [0.2, 0.25) is 0 Å². The monoisotopic (exact) mass is 279 g/mol. The van der Waals surface area contributed by atoms with E-state index in [1.807, 2.05) is 0 Å². The zero-order valence-electron chi connectivity index (χ0n) is 10.7. The third-order valence-corrected chi connectivity index (χ3v) is 2.47. The Balaban J connectivity index is 1.59. The Hall–Kier alpha value is -2.51. The van der Waals surface area contributed by atoms with Crippen LogP contribution in [0.15, 0.2) is 24.3 Å². The molecule has 7 nitrogen and oxygen atoms in total. The topological polar surface area (TPSA) is 92.8 Å². The summed E-state index contributed by atoms with van der Waals surface area (Å²) in [7, 11) is 0. The van der Waals surface area contributed by atoms with Crippen molar-refractivity contribution in [3.05, 3.63) is 35.9 Å². The van der Waals surface area contributed by atoms with Crippen LogP contribution in [-0.4, -0.2) is 39.7 Å². The largest absolute Gasteiger partial charge is 0.484 e. The molecule has 0 fully saturated rings. The first kappa shape index (κ1) is 13.9. The summed E-state index contributed by atoms with van der Waals surface area (Å²) in [5, 5.41) is 16.1. The number of hydrogen-bond acceptors (Lipinski definition) is 5. The first-order chi connectivity index (χ1) is 9.74. The fourth-order valence-corrected chi connectivity index (χ4v) is 1.49. The Labute approximate surface area is 114 Å². The van der Waals surface area contributed by atoms with Gasteiger partial charge in [-0.1, -0.05) is 5.21 Å². The third kappa shape index (κ3) is 4.63. The van der Waals surface area contributed by atoms with Gasteiger partial charge in [0.25, 0.3) is 5.91 Å². The molecule has 1 aromatic carbocycles. The van der Waals surface area contributed by atoms with Gasteiger partial charge in [0.1, 0.15) is 11.6 Å². The molecule has 1 heterocycles. The molecule has 0 aliphatic rings. The van der Waals surface area contributed by atoms with E-state index in [0.29, 0.717) is 31.0 Å². The van der Waals surface area contributed by atoms with Crippen molar-refractivity contribution in [3.8, 4) is 5.75 Å². The summed E-state index contributed by atoms with van der Waals surface area (Å²) >= 11 is 0. The Kier molecular flexibility index (Phi) is 4.99. The van der Waals surface area contributed by atoms with E-state index in [2.05, 4.69) is 25.9 Å². The Morgan fingerprint density at radius 3 is 2.85 bits per heavy atom. The second-order valence-electron chi connectivity index (χ2n) is 4.02. The molecule has 1 aromatic heterocycles. The summed E-state index contributed by atoms with van der Waals surface area (Å²) in [5.74, 6) is 0.487. The van der Waals surface area contributed by atoms with Gasteiger partial charge in [-0.2, -0.15) is 5.21 Å². The number of aromatic amines is 1. The molecule has 106 valence electrons. The van der Waals surface area contributed by atoms with Gasteiger partial charge in [0, 0.05) is 13.0 Å². The van der Waals surface area contributed by atoms with Gasteiger partial charge < -0.3 is 10.1 Å². The van der Waals surface area contributed by atoms with Crippen LogP contribution in [0.25, 0.3) is 0 Å². The van der Waals surface area contributed by atoms with E-state index in [9.17, 15) is 9.18 Å². The van der Waals surface area contributed by atoms with E-state index in [1.165, 1.54) is 24.3 Å². The van der Waals surface area contributed by atoms with Crippen molar-refractivity contribution in [1.29, 1.82) is 0 Å². The standard InChI is InChI=1S/C12H14FN5O2/c13-9-3-5-10(6-4-9)20-8-12(19)14-7-1-2-11-15-17-18-16-11/h3-6H,1-2,7-8H2,(H,14,19)(H,15,16,17,18). The lowest BCUT2D eigenvalue weighted by Gasteiger charge is -2.06. The lowest BCUT2D eigenvalue weighted by Crippen LogP contribution is -2.29. The Morgan fingerprint density at radius 1 is 1.35 bits per heavy atom. The Bertz CT molecular complexity index is 529. The number of aromatic nitrogens is 4. The van der Waals surface area contributed by atoms with Gasteiger partial charge in [-0.15, -0.1) is 10.2 Å². The first-order valence-corrected chi connectivity index (χ1v) is 6.11. The van der Waals surface area contributed by atoms with Crippen molar-refractivity contribution >= 4 is 5.91 Å². The maximum atomic E-state index is 12.7. The van der Waals surface area contributed by atoms with Crippen molar-refractivity contribution < 1.29 is 13.9 Å². The lowest BCUT2D eigenvalue weighted by atomic mass is 10.3. The second kappa shape index (κ2) is 7.17. The van der Waals surface area contributed by atoms with Crippen LogP contribution in [0, 0.1) is 5.82 Å². The van der Waals surface area contributed by atoms with Gasteiger partial charge in [-0.3, -0.25) is 4.79 Å². The zero-order chi connectivity index (χ0) is 14.2. The number of halogens is 1. The number of nitrogens with one attached hydrogen (secondary N) is 2. The smallest absolute Gasteiger partial charge is 0.257 e. The average molecular weight is 279 g/mol. The van der Waals surface area contributed by atoms with E-state index >= 15 is 0 Å². The van der Waals surface area contributed by atoms with E-state index in [1.54, 1.807) is 0 Å². The highest BCUT2D eigenvalue weighted by molar-refractivity contribution is 5.77. The van der Waals surface area contributed by atoms with Crippen LogP contribution in [0.2, 0.25) is 0 Å². The van der Waals surface area contributed by atoms with Gasteiger partial charge in [-0.05, 0) is 30.7 Å². The quantitative estimate of drug-likeness (QED) is 0.718. The molecule has 0 unspecified atom stereocenters. The van der Waals surface area contributed by atoms with Crippen molar-refractivity contribution in [3.63, 3.8) is 0 Å². The molecule has 0 spiro atoms. The minimum Gasteiger partial charge on any atom is -0.484 e. The predicted octanol–water partition coefficient (Wildman–Crippen LogP) is 0.467. The molecule has 2 aromatic rings. The van der Waals surface area contributed by atoms with E-state index in [-0.39, 0.29) is 18.3 Å². The molecule has 2 N–H and O–H groups in total. The van der Waals surface area contributed by atoms with Gasteiger partial charge in [-0.25, -0.2) is 4.39 Å². The van der Waals surface area contributed by atoms with Crippen LogP contribution in [-0.2, 0) is 11.2 Å². The maximum Gasteiger partial charge on any atom is 0.257 e. The number of H-pyrrole nitrogens is 1. The highest BCUT2D eigenvalue weighted by Gasteiger charge is 2.03. The van der Waals surface area contributed by atoms with E-state index < -0.39 is 0 Å². The van der Waals surface area contributed by atoms with Crippen molar-refractivity contribution in [2.45, 2.75) is 12.8 Å². The van der Waals surface area contributed by atoms with Gasteiger partial charge >= 0.3 is 0 Å². The number of aryl methyl sites for hydroxylation is 1. The molecular weight excluding hydrogens is 265 g/mol. The lowest BCUT2D eigenvalue weighted by molar-refractivity contribution is -0.123. The minimum absolute atomic E-state index is 0.103. The van der Waals surface area contributed by atoms with Crippen molar-refractivity contribution in [1.82, 2.24) is 25.9 Å². The number of rotatable bonds is 7. The zero-order valence-corrected chi connectivity index (χ0v) is 10.7. The van der Waals surface area contributed by atoms with Gasteiger partial charge in [0.05, 0.1) is 0 Å². The van der Waals surface area contributed by atoms with Crippen LogP contribution < -0.4 is 10.1 Å². The fourth-order valence-electron chi connectivity index (χ4n) is 1.49. The minimum atomic E-state index is -0.344. The maximum absolute atomic E-state index is 12.7. The third-order valence-electron chi connectivity index (χ3n) is 2.47. The van der Waals surface area contributed by atoms with Gasteiger partial charge in [0.15, 0.2) is 12.4 Å². The fraction of sp³-hybridized carbons (Fsp3) is 0.333. The number of ether oxygens (including phenoxy) is 1. The summed E-state index contributed by atoms with van der Waals surface area (Å²) in [5.41, 5.74) is 0. The number of hydrogen-bond donors (Lipinski definition) is 2. The highest BCUT2D eigenvalue weighted by atomic mass is 19.1. The molecule has 0 saturated heterocycles. The number of carbonyl (C=O) groups excluding carboxylic acids is 1. The number of carbonyl (C=O) groups is 1. The molecule has 0 aliphatic carbocycles. The normalized spacial score (nSPS) is 10.2. The molecular formula is C12H14FN5O2. The summed E-state index contributed by atoms with van der Waals surface area (Å²) in [4.78, 5) is 11.5. The number of nitrogens with zero attached hydrogens (tertiary/aromatic N) is 3. The predicted molar refractivity (Wildman–Crippen MR) is 67.4 cm³/mol. The molecule has 0 saturated carbocycles. The van der Waals surface area contributed by atoms with E-state index in [0.717, 1.165) is 0 Å². The molecule has 0 bridgehead atoms. The summed E-state index contributed by atoms with van der Waals surface area (Å²) in [6, 6.07) is 5.49. The summed E-state index contributed by atoms with van der Waals surface area (Å²) < 4.78 is 17.9. The van der Waals surface area contributed by atoms with Crippen LogP contribution >= 0.6 is 0 Å². The molecule has 0 radical (unpaired) electrons. The summed E-state index contributed by atoms with van der Waals surface area (Å²) in [6.45, 7) is 0.397. The average Bonchev–Trinajstić information content (AvgIpc) is 2.96. The van der Waals surface area contributed by atoms with E-state index in [4.69, 9.17) is 4.74 Å². The van der Waals surface area contributed by atoms with Crippen LogP contribution in [0.5, 0.6) is 5.75 Å². The number of tetrazole rings is 1. The number of benzene rings is 1. The molecule has 20 heavy (non-hydrogen) atoms. The molecule has 1 amide bonds. The van der Waals surface area contributed by atoms with Crippen molar-refractivity contribution in [2.75, 3.05) is 13.2 Å². The molecule has 8 heteroatoms. The molecule has 0 atom stereocenters. The first-order valence-electron chi connectivity index (χ1n) is 6.11. The second-order valence-corrected chi connectivity index (χ2v) is 4.02. The molecule has 2 rings (SSSR count). The van der Waals surface area contributed by atoms with Crippen LogP contribution in [0.1, 0.15) is 12.2 Å². The van der Waals surface area contributed by atoms with Crippen molar-refractivity contribution in [2.24, 2.45) is 0 Å². The SMILES string of the molecule is O=C(COc1ccc(F)cc1)NCCCc1nn[nH]n1. The molecule has 0 aliphatic heterocycles.